The average molecular weight is 723 g/mol. The van der Waals surface area contributed by atoms with E-state index in [1.165, 1.54) is 116 Å². The number of fused-ring (bicyclic) bond motifs is 10. The molecule has 0 heteroatoms. The molecule has 10 aromatic carbocycles. The summed E-state index contributed by atoms with van der Waals surface area (Å²) in [5.41, 5.74) is 20.5. The normalized spacial score (nSPS) is 13.1. The minimum atomic E-state index is 0.00983. The van der Waals surface area contributed by atoms with Crippen LogP contribution in [0.5, 0.6) is 0 Å². The van der Waals surface area contributed by atoms with E-state index in [-0.39, 0.29) is 5.92 Å². The molecule has 0 aliphatic heterocycles. The Hall–Kier alpha value is -7.02. The van der Waals surface area contributed by atoms with Crippen LogP contribution in [0.1, 0.15) is 44.9 Å². The summed E-state index contributed by atoms with van der Waals surface area (Å²) in [5.74, 6) is 0.00983. The van der Waals surface area contributed by atoms with Crippen LogP contribution < -0.4 is 0 Å². The van der Waals surface area contributed by atoms with Gasteiger partial charge >= 0.3 is 0 Å². The van der Waals surface area contributed by atoms with E-state index in [1.54, 1.807) is 0 Å². The lowest BCUT2D eigenvalue weighted by atomic mass is 9.78. The molecule has 0 saturated heterocycles. The SMILES string of the molecule is c1ccc(-c2ccc(C(c3cccc4c3-c3cc5ccccc5c(-c5cccc6c5Cc5ccccc5-6)c3C4)c3cc4ccccc4c4ccccc34)cc2)cc1. The summed E-state index contributed by atoms with van der Waals surface area (Å²) in [6, 6.07) is 75.1. The molecule has 0 radical (unpaired) electrons. The molecule has 0 N–H and O–H groups in total. The van der Waals surface area contributed by atoms with Crippen LogP contribution in [0.4, 0.5) is 0 Å². The highest BCUT2D eigenvalue weighted by Gasteiger charge is 2.32. The van der Waals surface area contributed by atoms with Crippen molar-refractivity contribution in [2.45, 2.75) is 18.8 Å². The van der Waals surface area contributed by atoms with Gasteiger partial charge in [0.15, 0.2) is 0 Å². The minimum absolute atomic E-state index is 0.00983. The van der Waals surface area contributed by atoms with Crippen LogP contribution >= 0.6 is 0 Å². The molecule has 0 nitrogen and oxygen atoms in total. The molecule has 12 rings (SSSR count). The number of hydrogen-bond acceptors (Lipinski definition) is 0. The molecule has 10 aromatic rings. The van der Waals surface area contributed by atoms with Gasteiger partial charge in [-0.15, -0.1) is 0 Å². The summed E-state index contributed by atoms with van der Waals surface area (Å²) in [7, 11) is 0. The zero-order valence-corrected chi connectivity index (χ0v) is 31.5. The lowest BCUT2D eigenvalue weighted by molar-refractivity contribution is 0.992. The van der Waals surface area contributed by atoms with Gasteiger partial charge in [0.05, 0.1) is 0 Å². The zero-order valence-electron chi connectivity index (χ0n) is 31.5. The second-order valence-corrected chi connectivity index (χ2v) is 15.9. The maximum Gasteiger partial charge on any atom is 0.0352 e. The van der Waals surface area contributed by atoms with Gasteiger partial charge in [-0.05, 0) is 141 Å². The van der Waals surface area contributed by atoms with Crippen molar-refractivity contribution >= 4 is 32.3 Å². The Labute approximate surface area is 333 Å². The zero-order chi connectivity index (χ0) is 37.5. The first-order valence-electron chi connectivity index (χ1n) is 20.2. The third-order valence-corrected chi connectivity index (χ3v) is 12.9. The number of hydrogen-bond donors (Lipinski definition) is 0. The van der Waals surface area contributed by atoms with E-state index in [2.05, 4.69) is 200 Å². The molecular weight excluding hydrogens is 685 g/mol. The number of rotatable bonds is 5. The third kappa shape index (κ3) is 5.00. The maximum absolute atomic E-state index is 2.50. The van der Waals surface area contributed by atoms with Gasteiger partial charge in [0.2, 0.25) is 0 Å². The molecular formula is C57H38. The van der Waals surface area contributed by atoms with Crippen molar-refractivity contribution in [2.75, 3.05) is 0 Å². The van der Waals surface area contributed by atoms with Crippen molar-refractivity contribution in [2.24, 2.45) is 0 Å². The first kappa shape index (κ1) is 32.2. The second-order valence-electron chi connectivity index (χ2n) is 15.9. The van der Waals surface area contributed by atoms with Crippen LogP contribution in [0.25, 0.3) is 76.8 Å². The molecule has 2 aliphatic carbocycles. The Bertz CT molecular complexity index is 3220. The quantitative estimate of drug-likeness (QED) is 0.123. The van der Waals surface area contributed by atoms with Gasteiger partial charge in [0.1, 0.15) is 0 Å². The van der Waals surface area contributed by atoms with Crippen molar-refractivity contribution in [3.05, 3.63) is 239 Å². The molecule has 0 amide bonds. The van der Waals surface area contributed by atoms with E-state index in [0.29, 0.717) is 0 Å². The predicted molar refractivity (Wildman–Crippen MR) is 240 cm³/mol. The molecule has 0 heterocycles. The van der Waals surface area contributed by atoms with Crippen LogP contribution in [0.2, 0.25) is 0 Å². The van der Waals surface area contributed by atoms with E-state index in [0.717, 1.165) is 12.8 Å². The van der Waals surface area contributed by atoms with Gasteiger partial charge in [-0.1, -0.05) is 188 Å². The van der Waals surface area contributed by atoms with Crippen molar-refractivity contribution in [3.63, 3.8) is 0 Å². The molecule has 1 atom stereocenters. The van der Waals surface area contributed by atoms with Crippen LogP contribution in [-0.4, -0.2) is 0 Å². The van der Waals surface area contributed by atoms with Crippen LogP contribution in [-0.2, 0) is 12.8 Å². The number of benzene rings is 10. The molecule has 0 saturated carbocycles. The molecule has 2 aliphatic rings. The maximum atomic E-state index is 2.50. The molecule has 0 spiro atoms. The second kappa shape index (κ2) is 12.8. The summed E-state index contributed by atoms with van der Waals surface area (Å²) in [6.07, 6.45) is 1.88. The third-order valence-electron chi connectivity index (χ3n) is 12.9. The van der Waals surface area contributed by atoms with Gasteiger partial charge in [0, 0.05) is 5.92 Å². The first-order valence-corrected chi connectivity index (χ1v) is 20.2. The fraction of sp³-hybridized carbons (Fsp3) is 0.0526. The van der Waals surface area contributed by atoms with E-state index < -0.39 is 0 Å². The van der Waals surface area contributed by atoms with Crippen molar-refractivity contribution in [1.29, 1.82) is 0 Å². The van der Waals surface area contributed by atoms with Gasteiger partial charge in [-0.2, -0.15) is 0 Å². The van der Waals surface area contributed by atoms with Crippen molar-refractivity contribution in [1.82, 2.24) is 0 Å². The fourth-order valence-electron chi connectivity index (χ4n) is 10.4. The highest BCUT2D eigenvalue weighted by Crippen LogP contribution is 2.52. The van der Waals surface area contributed by atoms with E-state index in [1.807, 2.05) is 0 Å². The van der Waals surface area contributed by atoms with Crippen LogP contribution in [0, 0.1) is 0 Å². The summed E-state index contributed by atoms with van der Waals surface area (Å²) < 4.78 is 0. The Balaban J connectivity index is 1.12. The molecule has 1 unspecified atom stereocenters. The predicted octanol–water partition coefficient (Wildman–Crippen LogP) is 14.8. The first-order chi connectivity index (χ1) is 28.3. The van der Waals surface area contributed by atoms with Crippen molar-refractivity contribution in [3.8, 4) is 44.5 Å². The van der Waals surface area contributed by atoms with Crippen LogP contribution in [0.3, 0.4) is 0 Å². The molecule has 0 bridgehead atoms. The largest absolute Gasteiger partial charge is 0.0622 e. The molecule has 0 aromatic heterocycles. The summed E-state index contributed by atoms with van der Waals surface area (Å²) >= 11 is 0. The molecule has 266 valence electrons. The lowest BCUT2D eigenvalue weighted by Crippen LogP contribution is -2.07. The fourth-order valence-corrected chi connectivity index (χ4v) is 10.4. The standard InChI is InChI=1S/C57H38/c1-2-14-36(15-3-1)37-28-30-38(31-29-37)55(52-33-40-17-5-7-20-43(40)46-23-10-11-24-48(46)52)50-27-12-19-42-35-54-53(56(42)50)34-41-18-6-9-22-45(41)57(54)49-26-13-25-47-44-21-8-4-16-39(44)32-51(47)49/h1-31,33-34,55H,32,35H2. The summed E-state index contributed by atoms with van der Waals surface area (Å²) in [4.78, 5) is 0. The van der Waals surface area contributed by atoms with Gasteiger partial charge in [0.25, 0.3) is 0 Å². The Morgan fingerprint density at radius 2 is 0.912 bits per heavy atom. The molecule has 57 heavy (non-hydrogen) atoms. The summed E-state index contributed by atoms with van der Waals surface area (Å²) in [5, 5.41) is 7.81. The Morgan fingerprint density at radius 1 is 0.316 bits per heavy atom. The van der Waals surface area contributed by atoms with E-state index in [9.17, 15) is 0 Å². The van der Waals surface area contributed by atoms with E-state index >= 15 is 0 Å². The van der Waals surface area contributed by atoms with E-state index in [4.69, 9.17) is 0 Å². The van der Waals surface area contributed by atoms with Crippen LogP contribution in [0.15, 0.2) is 200 Å². The van der Waals surface area contributed by atoms with Crippen molar-refractivity contribution < 1.29 is 0 Å². The van der Waals surface area contributed by atoms with Gasteiger partial charge in [-0.25, -0.2) is 0 Å². The lowest BCUT2D eigenvalue weighted by Gasteiger charge is -2.25. The van der Waals surface area contributed by atoms with Gasteiger partial charge < -0.3 is 0 Å². The molecule has 0 fully saturated rings. The monoisotopic (exact) mass is 722 g/mol. The highest BCUT2D eigenvalue weighted by molar-refractivity contribution is 6.10. The Kier molecular flexibility index (Phi) is 7.22. The average Bonchev–Trinajstić information content (AvgIpc) is 3.85. The Morgan fingerprint density at radius 3 is 1.75 bits per heavy atom. The smallest absolute Gasteiger partial charge is 0.0352 e. The minimum Gasteiger partial charge on any atom is -0.0622 e. The topological polar surface area (TPSA) is 0 Å². The highest BCUT2D eigenvalue weighted by atomic mass is 14.4. The summed E-state index contributed by atoms with van der Waals surface area (Å²) in [6.45, 7) is 0. The van der Waals surface area contributed by atoms with Gasteiger partial charge in [-0.3, -0.25) is 0 Å².